The summed E-state index contributed by atoms with van der Waals surface area (Å²) >= 11 is 0. The molecule has 0 saturated heterocycles. The fourth-order valence-corrected chi connectivity index (χ4v) is 11.6. The molecule has 4 heterocycles. The smallest absolute Gasteiger partial charge is 0.252 e. The lowest BCUT2D eigenvalue weighted by Gasteiger charge is -2.41. The Kier molecular flexibility index (Phi) is 9.80. The molecule has 2 aliphatic rings. The van der Waals surface area contributed by atoms with Gasteiger partial charge in [-0.15, -0.1) is 0 Å². The van der Waals surface area contributed by atoms with Crippen molar-refractivity contribution in [3.05, 3.63) is 155 Å². The molecule has 0 aliphatic carbocycles. The van der Waals surface area contributed by atoms with Crippen molar-refractivity contribution < 1.29 is 0 Å². The van der Waals surface area contributed by atoms with Crippen LogP contribution < -0.4 is 21.3 Å². The molecule has 11 rings (SSSR count). The van der Waals surface area contributed by atoms with Crippen LogP contribution in [0.2, 0.25) is 0 Å². The van der Waals surface area contributed by atoms with Crippen molar-refractivity contribution in [2.45, 2.75) is 157 Å². The van der Waals surface area contributed by atoms with Crippen LogP contribution in [0.15, 0.2) is 121 Å². The monoisotopic (exact) mass is 920 g/mol. The lowest BCUT2D eigenvalue weighted by molar-refractivity contribution is 0.590. The molecule has 0 unspecified atom stereocenters. The van der Waals surface area contributed by atoms with E-state index < -0.39 is 0 Å². The lowest BCUT2D eigenvalue weighted by atomic mass is 9.33. The van der Waals surface area contributed by atoms with Crippen molar-refractivity contribution in [2.75, 3.05) is 4.90 Å². The number of hydrogen-bond donors (Lipinski definition) is 0. The van der Waals surface area contributed by atoms with Gasteiger partial charge in [0.05, 0.1) is 22.2 Å². The minimum atomic E-state index is -0.0618. The molecular formula is C66H74BN3. The predicted octanol–water partition coefficient (Wildman–Crippen LogP) is 16.3. The van der Waals surface area contributed by atoms with Gasteiger partial charge in [-0.3, -0.25) is 0 Å². The van der Waals surface area contributed by atoms with Crippen LogP contribution in [0.4, 0.5) is 17.1 Å². The van der Waals surface area contributed by atoms with E-state index in [1.165, 1.54) is 122 Å². The molecule has 3 nitrogen and oxygen atoms in total. The Morgan fingerprint density at radius 3 is 1.29 bits per heavy atom. The number of nitrogens with zero attached hydrogens (tertiary/aromatic N) is 3. The third-order valence-electron chi connectivity index (χ3n) is 16.0. The Hall–Kier alpha value is -6.00. The summed E-state index contributed by atoms with van der Waals surface area (Å²) in [5.41, 5.74) is 23.3. The fourth-order valence-electron chi connectivity index (χ4n) is 11.6. The Balaban J connectivity index is 1.36. The second-order valence-electron chi connectivity index (χ2n) is 27.3. The maximum absolute atomic E-state index is 2.67. The molecule has 7 aromatic carbocycles. The average Bonchev–Trinajstić information content (AvgIpc) is 3.78. The number of benzene rings is 7. The molecule has 0 bridgehead atoms. The molecule has 70 heavy (non-hydrogen) atoms. The first kappa shape index (κ1) is 46.4. The molecule has 0 spiro atoms. The van der Waals surface area contributed by atoms with Gasteiger partial charge in [0.25, 0.3) is 6.71 Å². The molecule has 2 aliphatic heterocycles. The fraction of sp³-hybridized carbons (Fsp3) is 0.364. The van der Waals surface area contributed by atoms with Crippen molar-refractivity contribution in [1.29, 1.82) is 0 Å². The summed E-state index contributed by atoms with van der Waals surface area (Å²) in [4.78, 5) is 2.61. The molecule has 0 fully saturated rings. The molecule has 0 saturated carbocycles. The largest absolute Gasteiger partial charge is 0.311 e. The van der Waals surface area contributed by atoms with E-state index in [4.69, 9.17) is 0 Å². The minimum Gasteiger partial charge on any atom is -0.311 e. The van der Waals surface area contributed by atoms with Gasteiger partial charge in [0, 0.05) is 49.8 Å². The molecular weight excluding hydrogens is 846 g/mol. The average molecular weight is 920 g/mol. The van der Waals surface area contributed by atoms with Crippen LogP contribution in [0.5, 0.6) is 0 Å². The highest BCUT2D eigenvalue weighted by Gasteiger charge is 2.44. The van der Waals surface area contributed by atoms with E-state index in [9.17, 15) is 0 Å². The zero-order valence-corrected chi connectivity index (χ0v) is 45.5. The lowest BCUT2D eigenvalue weighted by Crippen LogP contribution is -2.60. The molecule has 4 heteroatoms. The Labute approximate surface area is 419 Å². The minimum absolute atomic E-state index is 0.00304. The summed E-state index contributed by atoms with van der Waals surface area (Å²) in [6, 6.07) is 48.9. The van der Waals surface area contributed by atoms with E-state index in [1.807, 2.05) is 0 Å². The highest BCUT2D eigenvalue weighted by Crippen LogP contribution is 2.47. The topological polar surface area (TPSA) is 13.1 Å². The maximum Gasteiger partial charge on any atom is 0.252 e. The zero-order valence-electron chi connectivity index (χ0n) is 45.5. The first-order valence-electron chi connectivity index (χ1n) is 26.0. The van der Waals surface area contributed by atoms with Gasteiger partial charge < -0.3 is 14.0 Å². The van der Waals surface area contributed by atoms with Crippen LogP contribution in [0.1, 0.15) is 158 Å². The second-order valence-corrected chi connectivity index (χ2v) is 27.3. The molecule has 9 aromatic rings. The highest BCUT2D eigenvalue weighted by atomic mass is 15.2. The van der Waals surface area contributed by atoms with E-state index in [-0.39, 0.29) is 39.2 Å². The predicted molar refractivity (Wildman–Crippen MR) is 307 cm³/mol. The molecule has 0 N–H and O–H groups in total. The number of fused-ring (bicyclic) bond motifs is 10. The summed E-state index contributed by atoms with van der Waals surface area (Å²) < 4.78 is 5.28. The van der Waals surface area contributed by atoms with E-state index in [1.54, 1.807) is 0 Å². The summed E-state index contributed by atoms with van der Waals surface area (Å²) in [6.45, 7) is 42.2. The molecule has 0 radical (unpaired) electrons. The summed E-state index contributed by atoms with van der Waals surface area (Å²) in [5, 5.41) is 5.24. The van der Waals surface area contributed by atoms with Crippen LogP contribution in [-0.2, 0) is 32.5 Å². The summed E-state index contributed by atoms with van der Waals surface area (Å²) in [5.74, 6) is 0. The van der Waals surface area contributed by atoms with Gasteiger partial charge in [-0.2, -0.15) is 0 Å². The first-order valence-corrected chi connectivity index (χ1v) is 26.0. The SMILES string of the molecule is CC(C)(C)c1ccc(N2c3ccc(C(C)(C)C)cc3B3c4c2cc(-n2c5cc(C(C)(C)C)ccc5c5ccc(C(C)(C)C)cc52)cc4-n2c4ccc(C(C)(C)C)cc4c4cc(C(C)(C)C)cc3c42)cc1. The second kappa shape index (κ2) is 14.8. The van der Waals surface area contributed by atoms with E-state index >= 15 is 0 Å². The van der Waals surface area contributed by atoms with Crippen LogP contribution >= 0.6 is 0 Å². The number of hydrogen-bond acceptors (Lipinski definition) is 1. The van der Waals surface area contributed by atoms with Crippen molar-refractivity contribution in [1.82, 2.24) is 9.13 Å². The van der Waals surface area contributed by atoms with Gasteiger partial charge in [0.15, 0.2) is 0 Å². The maximum atomic E-state index is 2.67. The number of rotatable bonds is 2. The van der Waals surface area contributed by atoms with Crippen molar-refractivity contribution >= 4 is 83.8 Å². The Morgan fingerprint density at radius 1 is 0.300 bits per heavy atom. The van der Waals surface area contributed by atoms with Gasteiger partial charge in [0.1, 0.15) is 0 Å². The van der Waals surface area contributed by atoms with Gasteiger partial charge in [-0.1, -0.05) is 185 Å². The van der Waals surface area contributed by atoms with Gasteiger partial charge >= 0.3 is 0 Å². The molecule has 0 amide bonds. The quantitative estimate of drug-likeness (QED) is 0.158. The van der Waals surface area contributed by atoms with E-state index in [0.717, 1.165) is 0 Å². The van der Waals surface area contributed by atoms with Crippen molar-refractivity contribution in [2.24, 2.45) is 0 Å². The van der Waals surface area contributed by atoms with Crippen LogP contribution in [-0.4, -0.2) is 15.8 Å². The van der Waals surface area contributed by atoms with E-state index in [2.05, 4.69) is 260 Å². The highest BCUT2D eigenvalue weighted by molar-refractivity contribution is 7.00. The van der Waals surface area contributed by atoms with Crippen LogP contribution in [0.3, 0.4) is 0 Å². The number of anilines is 3. The van der Waals surface area contributed by atoms with Crippen molar-refractivity contribution in [3.8, 4) is 11.4 Å². The third kappa shape index (κ3) is 7.12. The molecule has 0 atom stereocenters. The number of aromatic nitrogens is 2. The van der Waals surface area contributed by atoms with Crippen LogP contribution in [0.25, 0.3) is 55.0 Å². The van der Waals surface area contributed by atoms with Gasteiger partial charge in [-0.05, 0) is 143 Å². The van der Waals surface area contributed by atoms with Crippen LogP contribution in [0, 0.1) is 0 Å². The molecule has 2 aromatic heterocycles. The zero-order chi connectivity index (χ0) is 50.2. The Bertz CT molecular complexity index is 3570. The third-order valence-corrected chi connectivity index (χ3v) is 16.0. The first-order chi connectivity index (χ1) is 32.5. The van der Waals surface area contributed by atoms with E-state index in [0.29, 0.717) is 0 Å². The summed E-state index contributed by atoms with van der Waals surface area (Å²) in [7, 11) is 0. The van der Waals surface area contributed by atoms with Gasteiger partial charge in [-0.25, -0.2) is 0 Å². The molecule has 356 valence electrons. The normalized spacial score (nSPS) is 14.4. The van der Waals surface area contributed by atoms with Crippen molar-refractivity contribution in [3.63, 3.8) is 0 Å². The standard InChI is InChI=1S/C66H74BN3/c1-61(2,3)39-19-25-45(26-20-39)68-54-30-24-41(63(7,8)9)33-51(54)67-52-34-44(66(16,17)18)32-50-49-31-40(62(4,5)6)23-29-53(49)70(60(50)52)58-38-46(37-57(68)59(58)67)69-55-35-42(64(10,11)12)21-27-47(55)48-28-22-43(36-56(48)69)65(13,14)15/h19-38H,1-18H3. The van der Waals surface area contributed by atoms with Gasteiger partial charge in [0.2, 0.25) is 0 Å². The summed E-state index contributed by atoms with van der Waals surface area (Å²) in [6.07, 6.45) is 0. The Morgan fingerprint density at radius 2 is 0.743 bits per heavy atom.